The minimum Gasteiger partial charge on any atom is -0.477 e. The smallest absolute Gasteiger partial charge is 0.434 e. The van der Waals surface area contributed by atoms with Gasteiger partial charge in [-0.1, -0.05) is 5.16 Å². The number of likely N-dealkylation sites (tertiary alicyclic amines) is 1. The number of ether oxygens (including phenoxy) is 2. The fourth-order valence-corrected chi connectivity index (χ4v) is 3.98. The number of nitrogens with one attached hydrogen (secondary N) is 1. The molecule has 2 amide bonds. The van der Waals surface area contributed by atoms with Gasteiger partial charge in [0.1, 0.15) is 11.2 Å². The standard InChI is InChI=1S/C26H29F3N6O5/c1-15-22(19(40-34-15)9-18-11-31-20(12-30-18)26(27,28)29)23(36)33-17-5-6-21(32-10-17)38-14-16-7-8-35(13-16)24(37)39-25(2,3)4/h5-6,10-12,16H,7-9,13-14H2,1-4H3,(H,33,36)/t16-/m1/s1. The van der Waals surface area contributed by atoms with E-state index in [0.29, 0.717) is 43.2 Å². The average Bonchev–Trinajstić information content (AvgIpc) is 3.49. The summed E-state index contributed by atoms with van der Waals surface area (Å²) in [7, 11) is 0. The molecular weight excluding hydrogens is 533 g/mol. The van der Waals surface area contributed by atoms with E-state index in [1.807, 2.05) is 20.8 Å². The molecule has 1 N–H and O–H groups in total. The minimum absolute atomic E-state index is 0.0771. The number of aromatic nitrogens is 4. The van der Waals surface area contributed by atoms with Crippen molar-refractivity contribution in [3.63, 3.8) is 0 Å². The molecule has 214 valence electrons. The first-order chi connectivity index (χ1) is 18.8. The van der Waals surface area contributed by atoms with Crippen molar-refractivity contribution in [1.82, 2.24) is 25.0 Å². The van der Waals surface area contributed by atoms with Crippen LogP contribution in [0.1, 0.15) is 60.4 Å². The molecule has 1 atom stereocenters. The molecule has 3 aromatic heterocycles. The van der Waals surface area contributed by atoms with Crippen molar-refractivity contribution in [3.8, 4) is 5.88 Å². The Morgan fingerprint density at radius 3 is 2.52 bits per heavy atom. The Balaban J connectivity index is 1.30. The number of nitrogens with zero attached hydrogens (tertiary/aromatic N) is 5. The van der Waals surface area contributed by atoms with Crippen molar-refractivity contribution in [2.75, 3.05) is 25.0 Å². The molecule has 4 heterocycles. The Labute approximate surface area is 228 Å². The molecule has 40 heavy (non-hydrogen) atoms. The number of pyridine rings is 1. The van der Waals surface area contributed by atoms with Crippen molar-refractivity contribution in [2.24, 2.45) is 5.92 Å². The summed E-state index contributed by atoms with van der Waals surface area (Å²) >= 11 is 0. The fraction of sp³-hybridized carbons (Fsp3) is 0.462. The van der Waals surface area contributed by atoms with Gasteiger partial charge in [-0.3, -0.25) is 9.78 Å². The maximum absolute atomic E-state index is 13.0. The lowest BCUT2D eigenvalue weighted by atomic mass is 10.1. The van der Waals surface area contributed by atoms with Crippen molar-refractivity contribution in [1.29, 1.82) is 0 Å². The minimum atomic E-state index is -4.60. The number of anilines is 1. The molecule has 0 aromatic carbocycles. The highest BCUT2D eigenvalue weighted by Gasteiger charge is 2.33. The van der Waals surface area contributed by atoms with Gasteiger partial charge in [-0.2, -0.15) is 13.2 Å². The monoisotopic (exact) mass is 562 g/mol. The van der Waals surface area contributed by atoms with E-state index >= 15 is 0 Å². The summed E-state index contributed by atoms with van der Waals surface area (Å²) in [6, 6.07) is 3.22. The van der Waals surface area contributed by atoms with Gasteiger partial charge in [-0.25, -0.2) is 14.8 Å². The van der Waals surface area contributed by atoms with Gasteiger partial charge >= 0.3 is 12.3 Å². The van der Waals surface area contributed by atoms with Gasteiger partial charge in [0, 0.05) is 31.3 Å². The Bertz CT molecular complexity index is 1340. The third-order valence-electron chi connectivity index (χ3n) is 5.90. The van der Waals surface area contributed by atoms with E-state index in [4.69, 9.17) is 14.0 Å². The molecule has 0 spiro atoms. The maximum atomic E-state index is 13.0. The SMILES string of the molecule is Cc1noc(Cc2cnc(C(F)(F)F)cn2)c1C(=O)Nc1ccc(OC[C@@H]2CCN(C(=O)OC(C)(C)C)C2)nc1. The highest BCUT2D eigenvalue weighted by molar-refractivity contribution is 6.05. The van der Waals surface area contributed by atoms with Crippen LogP contribution in [0.15, 0.2) is 35.2 Å². The normalized spacial score (nSPS) is 15.7. The van der Waals surface area contributed by atoms with Gasteiger partial charge in [0.05, 0.1) is 42.5 Å². The van der Waals surface area contributed by atoms with E-state index in [1.54, 1.807) is 24.0 Å². The molecule has 11 nitrogen and oxygen atoms in total. The second-order valence-electron chi connectivity index (χ2n) is 10.4. The number of amides is 2. The van der Waals surface area contributed by atoms with Gasteiger partial charge in [0.25, 0.3) is 5.91 Å². The van der Waals surface area contributed by atoms with Gasteiger partial charge in [-0.05, 0) is 40.2 Å². The maximum Gasteiger partial charge on any atom is 0.434 e. The van der Waals surface area contributed by atoms with E-state index in [9.17, 15) is 22.8 Å². The summed E-state index contributed by atoms with van der Waals surface area (Å²) in [5.41, 5.74) is -0.668. The van der Waals surface area contributed by atoms with Crippen molar-refractivity contribution in [3.05, 3.63) is 59.1 Å². The highest BCUT2D eigenvalue weighted by Crippen LogP contribution is 2.27. The van der Waals surface area contributed by atoms with Crippen LogP contribution in [0.5, 0.6) is 5.88 Å². The number of halogens is 3. The molecule has 0 unspecified atom stereocenters. The van der Waals surface area contributed by atoms with Crippen LogP contribution in [-0.4, -0.2) is 62.3 Å². The van der Waals surface area contributed by atoms with E-state index in [2.05, 4.69) is 25.4 Å². The zero-order valence-electron chi connectivity index (χ0n) is 22.4. The van der Waals surface area contributed by atoms with Crippen LogP contribution >= 0.6 is 0 Å². The Morgan fingerprint density at radius 1 is 1.12 bits per heavy atom. The molecule has 3 aromatic rings. The molecule has 1 aliphatic rings. The second kappa shape index (κ2) is 11.5. The summed E-state index contributed by atoms with van der Waals surface area (Å²) in [5, 5.41) is 6.51. The average molecular weight is 563 g/mol. The molecule has 0 aliphatic carbocycles. The number of alkyl halides is 3. The quantitative estimate of drug-likeness (QED) is 0.436. The van der Waals surface area contributed by atoms with Gasteiger partial charge < -0.3 is 24.2 Å². The zero-order chi connectivity index (χ0) is 29.1. The third kappa shape index (κ3) is 7.45. The van der Waals surface area contributed by atoms with Crippen molar-refractivity contribution < 1.29 is 36.8 Å². The van der Waals surface area contributed by atoms with Crippen LogP contribution in [0.2, 0.25) is 0 Å². The molecule has 14 heteroatoms. The number of rotatable bonds is 7. The predicted octanol–water partition coefficient (Wildman–Crippen LogP) is 4.67. The molecule has 1 saturated heterocycles. The lowest BCUT2D eigenvalue weighted by molar-refractivity contribution is -0.141. The Morgan fingerprint density at radius 2 is 1.90 bits per heavy atom. The lowest BCUT2D eigenvalue weighted by Crippen LogP contribution is -2.35. The Hall–Kier alpha value is -4.23. The van der Waals surface area contributed by atoms with Crippen LogP contribution in [0.4, 0.5) is 23.7 Å². The lowest BCUT2D eigenvalue weighted by Gasteiger charge is -2.24. The van der Waals surface area contributed by atoms with Crippen LogP contribution in [0, 0.1) is 12.8 Å². The Kier molecular flexibility index (Phi) is 8.26. The summed E-state index contributed by atoms with van der Waals surface area (Å²) in [6.07, 6.45) is -1.21. The van der Waals surface area contributed by atoms with Crippen molar-refractivity contribution >= 4 is 17.7 Å². The summed E-state index contributed by atoms with van der Waals surface area (Å²) in [6.45, 7) is 8.53. The number of hydrogen-bond acceptors (Lipinski definition) is 9. The second-order valence-corrected chi connectivity index (χ2v) is 10.4. The summed E-state index contributed by atoms with van der Waals surface area (Å²) in [5.74, 6) is 0.0979. The first-order valence-electron chi connectivity index (χ1n) is 12.5. The molecule has 0 bridgehead atoms. The number of carbonyl (C=O) groups is 2. The van der Waals surface area contributed by atoms with Crippen LogP contribution < -0.4 is 10.1 Å². The van der Waals surface area contributed by atoms with E-state index in [-0.39, 0.29) is 35.4 Å². The predicted molar refractivity (Wildman–Crippen MR) is 135 cm³/mol. The summed E-state index contributed by atoms with van der Waals surface area (Å²) < 4.78 is 54.6. The van der Waals surface area contributed by atoms with E-state index in [0.717, 1.165) is 12.6 Å². The van der Waals surface area contributed by atoms with Crippen LogP contribution in [0.3, 0.4) is 0 Å². The zero-order valence-corrected chi connectivity index (χ0v) is 22.4. The first kappa shape index (κ1) is 28.8. The molecular formula is C26H29F3N6O5. The molecule has 1 aliphatic heterocycles. The molecule has 0 radical (unpaired) electrons. The topological polar surface area (TPSA) is 133 Å². The van der Waals surface area contributed by atoms with Crippen LogP contribution in [-0.2, 0) is 17.3 Å². The molecule has 0 saturated carbocycles. The largest absolute Gasteiger partial charge is 0.477 e. The van der Waals surface area contributed by atoms with Gasteiger partial charge in [0.2, 0.25) is 5.88 Å². The number of aryl methyl sites for hydroxylation is 1. The first-order valence-corrected chi connectivity index (χ1v) is 12.5. The summed E-state index contributed by atoms with van der Waals surface area (Å²) in [4.78, 5) is 38.2. The number of carbonyl (C=O) groups excluding carboxylic acids is 2. The van der Waals surface area contributed by atoms with Gasteiger partial charge in [0.15, 0.2) is 11.5 Å². The molecule has 1 fully saturated rings. The fourth-order valence-electron chi connectivity index (χ4n) is 3.98. The van der Waals surface area contributed by atoms with E-state index < -0.39 is 23.4 Å². The van der Waals surface area contributed by atoms with Crippen molar-refractivity contribution in [2.45, 2.75) is 52.3 Å². The number of hydrogen-bond donors (Lipinski definition) is 1. The van der Waals surface area contributed by atoms with E-state index in [1.165, 1.54) is 6.20 Å². The van der Waals surface area contributed by atoms with Gasteiger partial charge in [-0.15, -0.1) is 0 Å². The molecule has 4 rings (SSSR count). The van der Waals surface area contributed by atoms with Crippen LogP contribution in [0.25, 0.3) is 0 Å². The third-order valence-corrected chi connectivity index (χ3v) is 5.90. The highest BCUT2D eigenvalue weighted by atomic mass is 19.4.